The predicted molar refractivity (Wildman–Crippen MR) is 65.2 cm³/mol. The van der Waals surface area contributed by atoms with Gasteiger partial charge in [-0.2, -0.15) is 4.80 Å². The van der Waals surface area contributed by atoms with Crippen LogP contribution in [0.3, 0.4) is 0 Å². The Balaban J connectivity index is 2.27. The molecule has 0 aliphatic heterocycles. The van der Waals surface area contributed by atoms with Gasteiger partial charge in [0.2, 0.25) is 0 Å². The molecule has 1 unspecified atom stereocenters. The third-order valence-corrected chi connectivity index (χ3v) is 2.84. The van der Waals surface area contributed by atoms with E-state index >= 15 is 0 Å². The van der Waals surface area contributed by atoms with Crippen molar-refractivity contribution in [3.63, 3.8) is 0 Å². The lowest BCUT2D eigenvalue weighted by Crippen LogP contribution is -2.36. The number of aryl methyl sites for hydroxylation is 2. The summed E-state index contributed by atoms with van der Waals surface area (Å²) in [6.07, 6.45) is 0.575. The zero-order chi connectivity index (χ0) is 12.5. The van der Waals surface area contributed by atoms with E-state index in [1.807, 2.05) is 25.1 Å². The van der Waals surface area contributed by atoms with Crippen molar-refractivity contribution >= 4 is 0 Å². The Morgan fingerprint density at radius 3 is 2.65 bits per heavy atom. The topological polar surface area (TPSA) is 69.6 Å². The number of hydrogen-bond acceptors (Lipinski definition) is 4. The lowest BCUT2D eigenvalue weighted by atomic mass is 9.86. The number of hydrogen-bond donors (Lipinski definition) is 1. The minimum Gasteiger partial charge on any atom is -0.321 e. The molecule has 2 rings (SSSR count). The van der Waals surface area contributed by atoms with E-state index in [4.69, 9.17) is 5.73 Å². The molecule has 17 heavy (non-hydrogen) atoms. The third kappa shape index (κ3) is 2.50. The maximum atomic E-state index is 6.36. The molecular weight excluding hydrogens is 214 g/mol. The molecule has 5 nitrogen and oxygen atoms in total. The van der Waals surface area contributed by atoms with E-state index in [1.165, 1.54) is 10.4 Å². The fourth-order valence-corrected chi connectivity index (χ4v) is 2.03. The summed E-state index contributed by atoms with van der Waals surface area (Å²) in [6.45, 7) is 4.05. The summed E-state index contributed by atoms with van der Waals surface area (Å²) in [7, 11) is 1.75. The molecule has 2 N–H and O–H groups in total. The molecule has 0 saturated heterocycles. The van der Waals surface area contributed by atoms with Gasteiger partial charge in [0, 0.05) is 12.0 Å². The average molecular weight is 231 g/mol. The number of nitrogens with two attached hydrogens (primary N) is 1. The fourth-order valence-electron chi connectivity index (χ4n) is 2.03. The minimum atomic E-state index is -0.478. The first-order chi connectivity index (χ1) is 7.99. The summed E-state index contributed by atoms with van der Waals surface area (Å²) in [5.41, 5.74) is 8.19. The van der Waals surface area contributed by atoms with Crippen LogP contribution in [0.25, 0.3) is 0 Å². The van der Waals surface area contributed by atoms with Gasteiger partial charge in [0.05, 0.1) is 7.05 Å². The summed E-state index contributed by atoms with van der Waals surface area (Å²) in [5.74, 6) is 0.667. The minimum absolute atomic E-state index is 0.478. The second-order valence-electron chi connectivity index (χ2n) is 4.60. The Kier molecular flexibility index (Phi) is 2.93. The second kappa shape index (κ2) is 4.25. The van der Waals surface area contributed by atoms with E-state index in [0.29, 0.717) is 12.2 Å². The Morgan fingerprint density at radius 1 is 1.35 bits per heavy atom. The molecule has 0 aliphatic carbocycles. The highest BCUT2D eigenvalue weighted by molar-refractivity contribution is 5.32. The van der Waals surface area contributed by atoms with Gasteiger partial charge in [-0.05, 0) is 30.2 Å². The molecule has 0 amide bonds. The summed E-state index contributed by atoms with van der Waals surface area (Å²) in [5, 5.41) is 12.0. The Hall–Kier alpha value is -1.75. The van der Waals surface area contributed by atoms with Crippen LogP contribution in [0.1, 0.15) is 23.9 Å². The van der Waals surface area contributed by atoms with Crippen LogP contribution in [0.4, 0.5) is 0 Å². The van der Waals surface area contributed by atoms with Crippen molar-refractivity contribution in [3.8, 4) is 0 Å². The zero-order valence-electron chi connectivity index (χ0n) is 10.4. The number of tetrazole rings is 1. The van der Waals surface area contributed by atoms with Crippen LogP contribution in [0.2, 0.25) is 0 Å². The highest BCUT2D eigenvalue weighted by atomic mass is 15.6. The maximum Gasteiger partial charge on any atom is 0.176 e. The molecule has 5 heteroatoms. The SMILES string of the molecule is Cc1ccccc1C(C)(N)Cc1nnn(C)n1. The molecule has 2 aromatic rings. The van der Waals surface area contributed by atoms with Gasteiger partial charge in [-0.15, -0.1) is 10.2 Å². The number of rotatable bonds is 3. The first-order valence-electron chi connectivity index (χ1n) is 5.57. The van der Waals surface area contributed by atoms with Gasteiger partial charge < -0.3 is 5.73 Å². The second-order valence-corrected chi connectivity index (χ2v) is 4.60. The summed E-state index contributed by atoms with van der Waals surface area (Å²) in [6, 6.07) is 8.11. The number of aromatic nitrogens is 4. The Morgan fingerprint density at radius 2 is 2.06 bits per heavy atom. The van der Waals surface area contributed by atoms with E-state index in [-0.39, 0.29) is 0 Å². The summed E-state index contributed by atoms with van der Waals surface area (Å²) >= 11 is 0. The molecule has 0 bridgehead atoms. The molecule has 1 heterocycles. The van der Waals surface area contributed by atoms with Crippen LogP contribution < -0.4 is 5.73 Å². The molecule has 1 aromatic heterocycles. The predicted octanol–water partition coefficient (Wildman–Crippen LogP) is 0.935. The molecule has 1 aromatic carbocycles. The molecular formula is C12H17N5. The third-order valence-electron chi connectivity index (χ3n) is 2.84. The van der Waals surface area contributed by atoms with Crippen molar-refractivity contribution in [1.29, 1.82) is 0 Å². The quantitative estimate of drug-likeness (QED) is 0.853. The molecule has 0 aliphatic rings. The monoisotopic (exact) mass is 231 g/mol. The van der Waals surface area contributed by atoms with Crippen LogP contribution in [0.5, 0.6) is 0 Å². The van der Waals surface area contributed by atoms with E-state index in [2.05, 4.69) is 28.4 Å². The van der Waals surface area contributed by atoms with Gasteiger partial charge >= 0.3 is 0 Å². The van der Waals surface area contributed by atoms with Crippen molar-refractivity contribution in [2.75, 3.05) is 0 Å². The van der Waals surface area contributed by atoms with E-state index < -0.39 is 5.54 Å². The highest BCUT2D eigenvalue weighted by Gasteiger charge is 2.25. The summed E-state index contributed by atoms with van der Waals surface area (Å²) in [4.78, 5) is 1.45. The number of benzene rings is 1. The average Bonchev–Trinajstić information content (AvgIpc) is 2.63. The van der Waals surface area contributed by atoms with Crippen LogP contribution in [0.15, 0.2) is 24.3 Å². The van der Waals surface area contributed by atoms with Crippen molar-refractivity contribution in [1.82, 2.24) is 20.2 Å². The standard InChI is InChI=1S/C12H17N5/c1-9-6-4-5-7-10(9)12(2,13)8-11-14-16-17(3)15-11/h4-7H,8,13H2,1-3H3. The van der Waals surface area contributed by atoms with Crippen LogP contribution >= 0.6 is 0 Å². The normalized spacial score (nSPS) is 14.6. The lowest BCUT2D eigenvalue weighted by Gasteiger charge is -2.25. The highest BCUT2D eigenvalue weighted by Crippen LogP contribution is 2.24. The Labute approximate surface area is 101 Å². The summed E-state index contributed by atoms with van der Waals surface area (Å²) < 4.78 is 0. The van der Waals surface area contributed by atoms with Gasteiger partial charge in [0.25, 0.3) is 0 Å². The smallest absolute Gasteiger partial charge is 0.176 e. The van der Waals surface area contributed by atoms with E-state index in [0.717, 1.165) is 5.56 Å². The van der Waals surface area contributed by atoms with Crippen molar-refractivity contribution < 1.29 is 0 Å². The maximum absolute atomic E-state index is 6.36. The Bertz CT molecular complexity index is 515. The van der Waals surface area contributed by atoms with Gasteiger partial charge in [-0.25, -0.2) is 0 Å². The first-order valence-corrected chi connectivity index (χ1v) is 5.57. The fraction of sp³-hybridized carbons (Fsp3) is 0.417. The van der Waals surface area contributed by atoms with Gasteiger partial charge in [-0.3, -0.25) is 0 Å². The van der Waals surface area contributed by atoms with Crippen molar-refractivity contribution in [2.45, 2.75) is 25.8 Å². The molecule has 0 fully saturated rings. The van der Waals surface area contributed by atoms with E-state index in [1.54, 1.807) is 7.05 Å². The van der Waals surface area contributed by atoms with E-state index in [9.17, 15) is 0 Å². The van der Waals surface area contributed by atoms with Gasteiger partial charge in [0.1, 0.15) is 0 Å². The molecule has 0 spiro atoms. The molecule has 0 radical (unpaired) electrons. The van der Waals surface area contributed by atoms with Crippen LogP contribution in [-0.4, -0.2) is 20.2 Å². The molecule has 90 valence electrons. The van der Waals surface area contributed by atoms with Crippen molar-refractivity contribution in [2.24, 2.45) is 12.8 Å². The van der Waals surface area contributed by atoms with Crippen LogP contribution in [-0.2, 0) is 19.0 Å². The van der Waals surface area contributed by atoms with Gasteiger partial charge in [0.15, 0.2) is 5.82 Å². The largest absolute Gasteiger partial charge is 0.321 e. The van der Waals surface area contributed by atoms with Crippen molar-refractivity contribution in [3.05, 3.63) is 41.2 Å². The van der Waals surface area contributed by atoms with Crippen LogP contribution in [0, 0.1) is 6.92 Å². The van der Waals surface area contributed by atoms with Gasteiger partial charge in [-0.1, -0.05) is 24.3 Å². The lowest BCUT2D eigenvalue weighted by molar-refractivity contribution is 0.474. The molecule has 0 saturated carbocycles. The first kappa shape index (κ1) is 11.7. The molecule has 1 atom stereocenters. The zero-order valence-corrected chi connectivity index (χ0v) is 10.4. The number of nitrogens with zero attached hydrogens (tertiary/aromatic N) is 4.